The van der Waals surface area contributed by atoms with E-state index in [0.717, 1.165) is 6.21 Å². The first-order valence-corrected chi connectivity index (χ1v) is 14.0. The summed E-state index contributed by atoms with van der Waals surface area (Å²) in [6.45, 7) is 10.7. The number of ketones is 2. The number of methoxy groups -OCH3 is 3. The Morgan fingerprint density at radius 2 is 1.76 bits per heavy atom. The van der Waals surface area contributed by atoms with Crippen LogP contribution in [0.3, 0.4) is 0 Å². The van der Waals surface area contributed by atoms with Gasteiger partial charge >= 0.3 is 6.21 Å². The summed E-state index contributed by atoms with van der Waals surface area (Å²) in [4.78, 5) is 27.6. The summed E-state index contributed by atoms with van der Waals surface area (Å²) in [5, 5.41) is 0.000188. The van der Waals surface area contributed by atoms with Crippen LogP contribution in [0.15, 0.2) is 6.07 Å². The molecule has 9 heteroatoms. The summed E-state index contributed by atoms with van der Waals surface area (Å²) in [7, 11) is 2.30. The first kappa shape index (κ1) is 29.1. The number of terminal acetylenes is 1. The molecule has 0 N–H and O–H groups in total. The van der Waals surface area contributed by atoms with Gasteiger partial charge in [-0.3, -0.25) is 9.59 Å². The largest absolute Gasteiger partial charge is 0.493 e. The van der Waals surface area contributed by atoms with Crippen LogP contribution >= 0.6 is 0 Å². The molecular weight excluding hydrogens is 452 g/mol. The summed E-state index contributed by atoms with van der Waals surface area (Å²) in [5.41, 5.74) is 9.49. The van der Waals surface area contributed by atoms with E-state index in [1.165, 1.54) is 21.3 Å². The summed E-state index contributed by atoms with van der Waals surface area (Å²) >= 11 is 0. The molecule has 0 aliphatic carbocycles. The molecule has 0 bridgehead atoms. The molecule has 0 heterocycles. The number of rotatable bonds is 13. The van der Waals surface area contributed by atoms with Gasteiger partial charge in [-0.05, 0) is 42.6 Å². The van der Waals surface area contributed by atoms with Crippen LogP contribution in [0.1, 0.15) is 56.0 Å². The minimum atomic E-state index is -2.10. The molecule has 0 amide bonds. The first-order valence-electron chi connectivity index (χ1n) is 11.1. The smallest absolute Gasteiger partial charge is 0.323 e. The van der Waals surface area contributed by atoms with Gasteiger partial charge in [0.2, 0.25) is 11.5 Å². The predicted octanol–water partition coefficient (Wildman–Crippen LogP) is 4.50. The van der Waals surface area contributed by atoms with Crippen molar-refractivity contribution in [1.29, 1.82) is 0 Å². The molecule has 0 fully saturated rings. The Kier molecular flexibility index (Phi) is 10.7. The van der Waals surface area contributed by atoms with Crippen molar-refractivity contribution in [3.05, 3.63) is 22.7 Å². The van der Waals surface area contributed by atoms with E-state index in [-0.39, 0.29) is 35.2 Å². The topological polar surface area (TPSA) is 107 Å². The van der Waals surface area contributed by atoms with Crippen LogP contribution in [0, 0.1) is 12.3 Å². The Labute approximate surface area is 203 Å². The lowest BCUT2D eigenvalue weighted by molar-refractivity contribution is -0.116. The molecule has 0 aliphatic heterocycles. The molecule has 34 heavy (non-hydrogen) atoms. The third-order valence-electron chi connectivity index (χ3n) is 6.10. The molecule has 1 aromatic rings. The Morgan fingerprint density at radius 1 is 1.15 bits per heavy atom. The first-order chi connectivity index (χ1) is 15.9. The number of nitrogens with zero attached hydrogens (tertiary/aromatic N) is 2. The van der Waals surface area contributed by atoms with Gasteiger partial charge in [-0.25, -0.2) is 0 Å². The lowest BCUT2D eigenvalue weighted by atomic mass is 9.94. The van der Waals surface area contributed by atoms with Gasteiger partial charge in [-0.2, -0.15) is 4.79 Å². The Balaban J connectivity index is 3.37. The third kappa shape index (κ3) is 7.29. The molecule has 8 nitrogen and oxygen atoms in total. The molecule has 0 spiro atoms. The highest BCUT2D eigenvalue weighted by atomic mass is 28.4. The lowest BCUT2D eigenvalue weighted by Crippen LogP contribution is -2.43. The quantitative estimate of drug-likeness (QED) is 0.101. The van der Waals surface area contributed by atoms with E-state index >= 15 is 0 Å². The van der Waals surface area contributed by atoms with E-state index in [0.29, 0.717) is 29.7 Å². The van der Waals surface area contributed by atoms with Crippen LogP contribution in [-0.2, 0) is 15.6 Å². The number of carbonyl (C=O) groups excluding carboxylic acids is 2. The third-order valence-corrected chi connectivity index (χ3v) is 10.6. The minimum Gasteiger partial charge on any atom is -0.493 e. The molecule has 1 rings (SSSR count). The Hall–Kier alpha value is -2.92. The van der Waals surface area contributed by atoms with Crippen molar-refractivity contribution in [2.75, 3.05) is 21.3 Å². The predicted molar refractivity (Wildman–Crippen MR) is 134 cm³/mol. The summed E-state index contributed by atoms with van der Waals surface area (Å²) in [6, 6.07) is 1.73. The number of benzene rings is 1. The molecule has 0 aromatic heterocycles. The van der Waals surface area contributed by atoms with Crippen molar-refractivity contribution in [3.63, 3.8) is 0 Å². The van der Waals surface area contributed by atoms with Crippen molar-refractivity contribution >= 4 is 26.1 Å². The van der Waals surface area contributed by atoms with Crippen molar-refractivity contribution in [3.8, 4) is 29.6 Å². The van der Waals surface area contributed by atoms with Gasteiger partial charge in [-0.15, -0.1) is 6.42 Å². The average molecular weight is 489 g/mol. The Morgan fingerprint density at radius 3 is 2.24 bits per heavy atom. The monoisotopic (exact) mass is 488 g/mol. The van der Waals surface area contributed by atoms with Crippen molar-refractivity contribution < 1.29 is 33.0 Å². The zero-order valence-electron chi connectivity index (χ0n) is 21.5. The molecule has 0 unspecified atom stereocenters. The maximum atomic E-state index is 13.2. The average Bonchev–Trinajstić information content (AvgIpc) is 2.78. The van der Waals surface area contributed by atoms with E-state index in [1.54, 1.807) is 6.07 Å². The van der Waals surface area contributed by atoms with E-state index in [2.05, 4.69) is 44.6 Å². The van der Waals surface area contributed by atoms with Gasteiger partial charge in [0.05, 0.1) is 26.9 Å². The van der Waals surface area contributed by atoms with Gasteiger partial charge in [0.1, 0.15) is 6.10 Å². The molecule has 0 aliphatic rings. The molecule has 1 atom stereocenters. The molecule has 1 aromatic carbocycles. The maximum absolute atomic E-state index is 13.2. The highest BCUT2D eigenvalue weighted by Crippen LogP contribution is 2.43. The molecule has 0 saturated carbocycles. The number of ether oxygens (including phenoxy) is 3. The minimum absolute atomic E-state index is 0.000188. The van der Waals surface area contributed by atoms with Crippen LogP contribution in [0.2, 0.25) is 18.1 Å². The van der Waals surface area contributed by atoms with E-state index in [4.69, 9.17) is 30.6 Å². The highest BCUT2D eigenvalue weighted by Gasteiger charge is 2.39. The van der Waals surface area contributed by atoms with E-state index in [1.807, 2.05) is 0 Å². The van der Waals surface area contributed by atoms with Gasteiger partial charge in [-0.1, -0.05) is 26.7 Å². The zero-order chi connectivity index (χ0) is 26.1. The van der Waals surface area contributed by atoms with E-state index in [9.17, 15) is 9.59 Å². The fraction of sp³-hybridized carbons (Fsp3) is 0.560. The van der Waals surface area contributed by atoms with Crippen molar-refractivity contribution in [2.45, 2.75) is 70.7 Å². The molecular formula is C25H36N2O6Si. The summed E-state index contributed by atoms with van der Waals surface area (Å²) in [6.07, 6.45) is 6.84. The molecule has 0 radical (unpaired) electrons. The highest BCUT2D eigenvalue weighted by molar-refractivity contribution is 6.74. The fourth-order valence-electron chi connectivity index (χ4n) is 3.20. The normalized spacial score (nSPS) is 12.2. The van der Waals surface area contributed by atoms with Crippen LogP contribution in [-0.4, -0.2) is 58.3 Å². The van der Waals surface area contributed by atoms with Gasteiger partial charge in [0.25, 0.3) is 0 Å². The van der Waals surface area contributed by atoms with Gasteiger partial charge in [0.15, 0.2) is 25.6 Å². The number of aryl methyl sites for hydroxylation is 1. The molecule has 0 saturated heterocycles. The maximum Gasteiger partial charge on any atom is 0.323 e. The lowest BCUT2D eigenvalue weighted by Gasteiger charge is -2.38. The van der Waals surface area contributed by atoms with Crippen LogP contribution < -0.4 is 14.2 Å². The SMILES string of the molecule is C#C[C@@H](CCc1cc(OC)c(OC)c(OC)c1C(=O)CCC(=O)C=[N+]=[N-])O[Si](C)(C)C(C)(C)C. The van der Waals surface area contributed by atoms with Crippen molar-refractivity contribution in [1.82, 2.24) is 0 Å². The van der Waals surface area contributed by atoms with Gasteiger partial charge in [0, 0.05) is 12.8 Å². The number of hydrogen-bond donors (Lipinski definition) is 0. The van der Waals surface area contributed by atoms with Crippen LogP contribution in [0.25, 0.3) is 5.53 Å². The molecule has 186 valence electrons. The number of carbonyl (C=O) groups is 2. The summed E-state index contributed by atoms with van der Waals surface area (Å²) < 4.78 is 22.8. The van der Waals surface area contributed by atoms with Crippen LogP contribution in [0.5, 0.6) is 17.2 Å². The van der Waals surface area contributed by atoms with Crippen molar-refractivity contribution in [2.24, 2.45) is 0 Å². The summed E-state index contributed by atoms with van der Waals surface area (Å²) in [5.74, 6) is 2.89. The second-order valence-electron chi connectivity index (χ2n) is 9.39. The zero-order valence-corrected chi connectivity index (χ0v) is 22.5. The van der Waals surface area contributed by atoms with Crippen LogP contribution in [0.4, 0.5) is 0 Å². The second kappa shape index (κ2) is 12.5. The second-order valence-corrected chi connectivity index (χ2v) is 14.1. The van der Waals surface area contributed by atoms with E-state index < -0.39 is 20.2 Å². The number of Topliss-reactive ketones (excluding diaryl/α,β-unsaturated/α-hetero) is 2. The van der Waals surface area contributed by atoms with Gasteiger partial charge < -0.3 is 24.2 Å². The number of hydrogen-bond acceptors (Lipinski definition) is 6. The Bertz CT molecular complexity index is 985. The standard InChI is InChI=1S/C25H36N2O6Si/c1-10-19(33-34(8,9)25(2,3)4)13-11-17-15-21(30-5)23(31-6)24(32-7)22(17)20(29)14-12-18(28)16-27-26/h1,15-16,19H,11-14H2,2-9H3/t19-/m0/s1. The fourth-order valence-corrected chi connectivity index (χ4v) is 4.45.